The number of nitrogens with two attached hydrogens (primary N) is 1. The number of anilines is 2. The van der Waals surface area contributed by atoms with Crippen molar-refractivity contribution in [1.82, 2.24) is 0 Å². The van der Waals surface area contributed by atoms with Gasteiger partial charge in [-0.1, -0.05) is 6.92 Å². The lowest BCUT2D eigenvalue weighted by Gasteiger charge is -2.16. The number of nitrogen functional groups attached to an aromatic ring is 1. The maximum absolute atomic E-state index is 11.7. The lowest BCUT2D eigenvalue weighted by Crippen LogP contribution is -2.16. The van der Waals surface area contributed by atoms with Gasteiger partial charge in [-0.25, -0.2) is 4.79 Å². The Morgan fingerprint density at radius 1 is 1.50 bits per heavy atom. The Balaban J connectivity index is 2.73. The first-order valence-corrected chi connectivity index (χ1v) is 5.80. The Hall–Kier alpha value is -1.75. The average Bonchev–Trinajstić information content (AvgIpc) is 2.34. The highest BCUT2D eigenvalue weighted by Crippen LogP contribution is 2.22. The highest BCUT2D eigenvalue weighted by atomic mass is 16.5. The summed E-state index contributed by atoms with van der Waals surface area (Å²) in [6.45, 7) is 2.00. The molecule has 0 fully saturated rings. The van der Waals surface area contributed by atoms with Gasteiger partial charge < -0.3 is 20.5 Å². The van der Waals surface area contributed by atoms with E-state index in [2.05, 4.69) is 0 Å². The molecule has 0 aliphatic heterocycles. The van der Waals surface area contributed by atoms with Gasteiger partial charge in [0, 0.05) is 26.6 Å². The van der Waals surface area contributed by atoms with Crippen molar-refractivity contribution in [3.05, 3.63) is 23.8 Å². The van der Waals surface area contributed by atoms with Gasteiger partial charge in [0.15, 0.2) is 0 Å². The van der Waals surface area contributed by atoms with E-state index in [1.165, 1.54) is 0 Å². The van der Waals surface area contributed by atoms with Crippen LogP contribution in [0, 0.1) is 5.92 Å². The van der Waals surface area contributed by atoms with Gasteiger partial charge in [0.05, 0.1) is 23.5 Å². The fourth-order valence-electron chi connectivity index (χ4n) is 1.44. The Bertz CT molecular complexity index is 419. The van der Waals surface area contributed by atoms with E-state index in [1.807, 2.05) is 19.0 Å². The molecule has 0 aliphatic rings. The van der Waals surface area contributed by atoms with Gasteiger partial charge in [0.1, 0.15) is 0 Å². The molecule has 0 aromatic heterocycles. The largest absolute Gasteiger partial charge is 0.462 e. The standard InChI is InChI=1S/C13H20N2O3/c1-9(7-16)8-18-13(17)10-4-5-12(15(2)3)11(14)6-10/h4-6,9,16H,7-8,14H2,1-3H3. The summed E-state index contributed by atoms with van der Waals surface area (Å²) in [5.41, 5.74) is 7.66. The molecule has 5 heteroatoms. The quantitative estimate of drug-likeness (QED) is 0.606. The summed E-state index contributed by atoms with van der Waals surface area (Å²) in [6.07, 6.45) is 0. The zero-order valence-electron chi connectivity index (χ0n) is 11.0. The van der Waals surface area contributed by atoms with Crippen LogP contribution in [-0.4, -0.2) is 38.4 Å². The Morgan fingerprint density at radius 3 is 2.67 bits per heavy atom. The lowest BCUT2D eigenvalue weighted by atomic mass is 10.1. The lowest BCUT2D eigenvalue weighted by molar-refractivity contribution is 0.0405. The molecule has 0 bridgehead atoms. The van der Waals surface area contributed by atoms with Gasteiger partial charge in [-0.05, 0) is 18.2 Å². The number of aliphatic hydroxyl groups is 1. The monoisotopic (exact) mass is 252 g/mol. The third kappa shape index (κ3) is 3.63. The predicted octanol–water partition coefficient (Wildman–Crippen LogP) is 1.12. The number of nitrogens with zero attached hydrogens (tertiary/aromatic N) is 1. The summed E-state index contributed by atoms with van der Waals surface area (Å²) in [5, 5.41) is 8.84. The van der Waals surface area contributed by atoms with Crippen LogP contribution in [0.15, 0.2) is 18.2 Å². The van der Waals surface area contributed by atoms with Gasteiger partial charge in [0.2, 0.25) is 0 Å². The van der Waals surface area contributed by atoms with Crippen LogP contribution in [0.5, 0.6) is 0 Å². The smallest absolute Gasteiger partial charge is 0.338 e. The molecule has 3 N–H and O–H groups in total. The summed E-state index contributed by atoms with van der Waals surface area (Å²) in [4.78, 5) is 13.6. The van der Waals surface area contributed by atoms with Crippen LogP contribution in [0.3, 0.4) is 0 Å². The minimum absolute atomic E-state index is 0.00497. The molecule has 0 amide bonds. The summed E-state index contributed by atoms with van der Waals surface area (Å²) < 4.78 is 5.07. The molecule has 0 saturated carbocycles. The number of carbonyl (C=O) groups excluding carboxylic acids is 1. The highest BCUT2D eigenvalue weighted by molar-refractivity contribution is 5.92. The molecule has 100 valence electrons. The molecule has 1 unspecified atom stereocenters. The van der Waals surface area contributed by atoms with E-state index in [-0.39, 0.29) is 19.1 Å². The molecule has 1 aromatic rings. The molecule has 0 aliphatic carbocycles. The van der Waals surface area contributed by atoms with Gasteiger partial charge >= 0.3 is 5.97 Å². The molecule has 0 spiro atoms. The summed E-state index contributed by atoms with van der Waals surface area (Å²) in [6, 6.07) is 5.06. The number of esters is 1. The van der Waals surface area contributed by atoms with Crippen molar-refractivity contribution in [2.45, 2.75) is 6.92 Å². The van der Waals surface area contributed by atoms with Gasteiger partial charge in [-0.3, -0.25) is 0 Å². The van der Waals surface area contributed by atoms with E-state index >= 15 is 0 Å². The number of benzene rings is 1. The minimum atomic E-state index is -0.424. The van der Waals surface area contributed by atoms with Crippen molar-refractivity contribution in [3.63, 3.8) is 0 Å². The van der Waals surface area contributed by atoms with Crippen LogP contribution >= 0.6 is 0 Å². The van der Waals surface area contributed by atoms with Crippen LogP contribution in [0.2, 0.25) is 0 Å². The molecule has 1 rings (SSSR count). The van der Waals surface area contributed by atoms with E-state index in [4.69, 9.17) is 15.6 Å². The molecule has 0 radical (unpaired) electrons. The first kappa shape index (κ1) is 14.3. The van der Waals surface area contributed by atoms with Crippen molar-refractivity contribution in [2.24, 2.45) is 5.92 Å². The Kier molecular flexibility index (Phi) is 4.97. The molecule has 0 saturated heterocycles. The minimum Gasteiger partial charge on any atom is -0.462 e. The number of aliphatic hydroxyl groups excluding tert-OH is 1. The number of ether oxygens (including phenoxy) is 1. The summed E-state index contributed by atoms with van der Waals surface area (Å²) >= 11 is 0. The normalized spacial score (nSPS) is 12.0. The zero-order chi connectivity index (χ0) is 13.7. The first-order valence-electron chi connectivity index (χ1n) is 5.80. The third-order valence-corrected chi connectivity index (χ3v) is 2.56. The van der Waals surface area contributed by atoms with Gasteiger partial charge in [0.25, 0.3) is 0 Å². The van der Waals surface area contributed by atoms with E-state index in [1.54, 1.807) is 25.1 Å². The molecule has 18 heavy (non-hydrogen) atoms. The molecular weight excluding hydrogens is 232 g/mol. The van der Waals surface area contributed by atoms with Crippen molar-refractivity contribution in [1.29, 1.82) is 0 Å². The maximum atomic E-state index is 11.7. The number of hydrogen-bond acceptors (Lipinski definition) is 5. The Morgan fingerprint density at radius 2 is 2.17 bits per heavy atom. The highest BCUT2D eigenvalue weighted by Gasteiger charge is 2.11. The zero-order valence-corrected chi connectivity index (χ0v) is 11.0. The van der Waals surface area contributed by atoms with Crippen LogP contribution < -0.4 is 10.6 Å². The van der Waals surface area contributed by atoms with Crippen LogP contribution in [0.1, 0.15) is 17.3 Å². The van der Waals surface area contributed by atoms with Crippen molar-refractivity contribution < 1.29 is 14.6 Å². The maximum Gasteiger partial charge on any atom is 0.338 e. The number of hydrogen-bond donors (Lipinski definition) is 2. The topological polar surface area (TPSA) is 75.8 Å². The van der Waals surface area contributed by atoms with Crippen molar-refractivity contribution >= 4 is 17.3 Å². The molecule has 5 nitrogen and oxygen atoms in total. The number of rotatable bonds is 5. The predicted molar refractivity (Wildman–Crippen MR) is 71.7 cm³/mol. The van der Waals surface area contributed by atoms with Crippen molar-refractivity contribution in [2.75, 3.05) is 37.9 Å². The van der Waals surface area contributed by atoms with Crippen LogP contribution in [0.4, 0.5) is 11.4 Å². The summed E-state index contributed by atoms with van der Waals surface area (Å²) in [7, 11) is 3.76. The second-order valence-electron chi connectivity index (χ2n) is 4.55. The van der Waals surface area contributed by atoms with E-state index in [0.717, 1.165) is 5.69 Å². The second kappa shape index (κ2) is 6.26. The molecule has 1 aromatic carbocycles. The molecule has 1 atom stereocenters. The number of carbonyl (C=O) groups is 1. The first-order chi connectivity index (χ1) is 8.45. The SMILES string of the molecule is CC(CO)COC(=O)c1ccc(N(C)C)c(N)c1. The molecule has 0 heterocycles. The van der Waals surface area contributed by atoms with Crippen LogP contribution in [0.25, 0.3) is 0 Å². The Labute approximate surface area is 107 Å². The third-order valence-electron chi connectivity index (χ3n) is 2.56. The summed E-state index contributed by atoms with van der Waals surface area (Å²) in [5.74, 6) is -0.486. The fraction of sp³-hybridized carbons (Fsp3) is 0.462. The second-order valence-corrected chi connectivity index (χ2v) is 4.55. The van der Waals surface area contributed by atoms with Gasteiger partial charge in [-0.15, -0.1) is 0 Å². The van der Waals surface area contributed by atoms with E-state index in [9.17, 15) is 4.79 Å². The van der Waals surface area contributed by atoms with Gasteiger partial charge in [-0.2, -0.15) is 0 Å². The molecular formula is C13H20N2O3. The fourth-order valence-corrected chi connectivity index (χ4v) is 1.44. The average molecular weight is 252 g/mol. The van der Waals surface area contributed by atoms with Crippen molar-refractivity contribution in [3.8, 4) is 0 Å². The van der Waals surface area contributed by atoms with E-state index in [0.29, 0.717) is 11.3 Å². The van der Waals surface area contributed by atoms with E-state index < -0.39 is 5.97 Å². The van der Waals surface area contributed by atoms with Crippen LogP contribution in [-0.2, 0) is 4.74 Å².